The van der Waals surface area contributed by atoms with Crippen molar-refractivity contribution in [3.8, 4) is 0 Å². The van der Waals surface area contributed by atoms with Gasteiger partial charge in [0.15, 0.2) is 0 Å². The summed E-state index contributed by atoms with van der Waals surface area (Å²) in [6.45, 7) is 8.52. The smallest absolute Gasteiger partial charge is 0.00869 e. The molecule has 2 atom stereocenters. The van der Waals surface area contributed by atoms with Crippen LogP contribution in [0.2, 0.25) is 0 Å². The molecule has 0 amide bonds. The van der Waals surface area contributed by atoms with Crippen LogP contribution in [0.4, 0.5) is 0 Å². The summed E-state index contributed by atoms with van der Waals surface area (Å²) in [4.78, 5) is 0. The van der Waals surface area contributed by atoms with E-state index in [1.807, 2.05) is 13.8 Å². The number of allylic oxidation sites excluding steroid dienone is 1. The average Bonchev–Trinajstić information content (AvgIpc) is 3.10. The van der Waals surface area contributed by atoms with Crippen molar-refractivity contribution < 1.29 is 0 Å². The molecule has 16 heavy (non-hydrogen) atoms. The molecule has 86 valence electrons. The van der Waals surface area contributed by atoms with E-state index >= 15 is 0 Å². The molecule has 0 bridgehead atoms. The molecule has 0 heteroatoms. The van der Waals surface area contributed by atoms with Crippen molar-refractivity contribution >= 4 is 6.08 Å². The molecule has 0 aliphatic heterocycles. The molecule has 2 aliphatic carbocycles. The molecule has 1 saturated carbocycles. The highest BCUT2D eigenvalue weighted by Crippen LogP contribution is 2.52. The molecule has 0 N–H and O–H groups in total. The first-order valence-corrected chi connectivity index (χ1v) is 6.58. The Morgan fingerprint density at radius 2 is 1.94 bits per heavy atom. The summed E-state index contributed by atoms with van der Waals surface area (Å²) in [6.07, 6.45) is 6.08. The van der Waals surface area contributed by atoms with Crippen molar-refractivity contribution in [1.29, 1.82) is 0 Å². The highest BCUT2D eigenvalue weighted by Gasteiger charge is 2.39. The Morgan fingerprint density at radius 3 is 2.62 bits per heavy atom. The molecular weight excluding hydrogens is 192 g/mol. The maximum Gasteiger partial charge on any atom is -0.00869 e. The van der Waals surface area contributed by atoms with Crippen molar-refractivity contribution in [3.63, 3.8) is 0 Å². The van der Waals surface area contributed by atoms with Gasteiger partial charge in [0.05, 0.1) is 0 Å². The Balaban J connectivity index is 0.000000457. The zero-order valence-electron chi connectivity index (χ0n) is 10.8. The van der Waals surface area contributed by atoms with Gasteiger partial charge in [-0.1, -0.05) is 58.0 Å². The summed E-state index contributed by atoms with van der Waals surface area (Å²) in [7, 11) is 0. The lowest BCUT2D eigenvalue weighted by Crippen LogP contribution is -1.95. The summed E-state index contributed by atoms with van der Waals surface area (Å²) in [6, 6.07) is 7.02. The molecule has 0 saturated heterocycles. The topological polar surface area (TPSA) is 0 Å². The molecule has 0 radical (unpaired) electrons. The standard InChI is InChI=1S/C14H16.C2H6/c1-9(2)10-5-6-13-11(7-10)3-4-12-8-14(12)13;1-2/h3-7,9,12,14H,8H2,1-2H3;1-2H3. The van der Waals surface area contributed by atoms with Crippen LogP contribution in [-0.4, -0.2) is 0 Å². The fourth-order valence-corrected chi connectivity index (χ4v) is 2.45. The zero-order chi connectivity index (χ0) is 11.7. The van der Waals surface area contributed by atoms with Crippen molar-refractivity contribution in [2.45, 2.75) is 46.0 Å². The lowest BCUT2D eigenvalue weighted by Gasteiger charge is -2.13. The van der Waals surface area contributed by atoms with Crippen LogP contribution in [0.15, 0.2) is 24.3 Å². The van der Waals surface area contributed by atoms with E-state index in [2.05, 4.69) is 44.2 Å². The SMILES string of the molecule is CC.CC(C)c1ccc2c(c1)C=CC1CC21. The minimum atomic E-state index is 0.644. The molecule has 0 heterocycles. The summed E-state index contributed by atoms with van der Waals surface area (Å²) in [5.41, 5.74) is 4.52. The van der Waals surface area contributed by atoms with E-state index in [4.69, 9.17) is 0 Å². The van der Waals surface area contributed by atoms with Gasteiger partial charge < -0.3 is 0 Å². The van der Waals surface area contributed by atoms with Crippen molar-refractivity contribution in [1.82, 2.24) is 0 Å². The number of hydrogen-bond acceptors (Lipinski definition) is 0. The van der Waals surface area contributed by atoms with Gasteiger partial charge in [0.2, 0.25) is 0 Å². The minimum Gasteiger partial charge on any atom is -0.0802 e. The summed E-state index contributed by atoms with van der Waals surface area (Å²) in [5.74, 6) is 2.37. The lowest BCUT2D eigenvalue weighted by atomic mass is 9.92. The van der Waals surface area contributed by atoms with Crippen LogP contribution in [0.1, 0.15) is 62.6 Å². The van der Waals surface area contributed by atoms with Gasteiger partial charge in [-0.05, 0) is 40.9 Å². The van der Waals surface area contributed by atoms with Crippen LogP contribution >= 0.6 is 0 Å². The molecule has 0 aromatic heterocycles. The third kappa shape index (κ3) is 1.93. The predicted octanol–water partition coefficient (Wildman–Crippen LogP) is 4.97. The summed E-state index contributed by atoms with van der Waals surface area (Å²) < 4.78 is 0. The van der Waals surface area contributed by atoms with Gasteiger partial charge in [0.25, 0.3) is 0 Å². The molecular formula is C16H22. The van der Waals surface area contributed by atoms with Crippen LogP contribution in [0.5, 0.6) is 0 Å². The second-order valence-corrected chi connectivity index (χ2v) is 4.91. The normalized spacial score (nSPS) is 24.3. The fourth-order valence-electron chi connectivity index (χ4n) is 2.45. The van der Waals surface area contributed by atoms with Gasteiger partial charge in [-0.3, -0.25) is 0 Å². The van der Waals surface area contributed by atoms with Crippen LogP contribution < -0.4 is 0 Å². The quantitative estimate of drug-likeness (QED) is 0.619. The molecule has 0 spiro atoms. The Hall–Kier alpha value is -1.04. The first kappa shape index (κ1) is 11.4. The van der Waals surface area contributed by atoms with Crippen LogP contribution in [0.25, 0.3) is 6.08 Å². The third-order valence-corrected chi connectivity index (χ3v) is 3.54. The second kappa shape index (κ2) is 4.45. The van der Waals surface area contributed by atoms with E-state index in [1.54, 1.807) is 5.56 Å². The Kier molecular flexibility index (Phi) is 3.18. The molecule has 2 unspecified atom stereocenters. The van der Waals surface area contributed by atoms with E-state index in [9.17, 15) is 0 Å². The van der Waals surface area contributed by atoms with Crippen molar-refractivity contribution in [3.05, 3.63) is 41.0 Å². The molecule has 3 rings (SSSR count). The summed E-state index contributed by atoms with van der Waals surface area (Å²) in [5, 5.41) is 0. The highest BCUT2D eigenvalue weighted by molar-refractivity contribution is 5.62. The minimum absolute atomic E-state index is 0.644. The van der Waals surface area contributed by atoms with Gasteiger partial charge in [-0.2, -0.15) is 0 Å². The molecule has 1 aromatic rings. The Bertz CT molecular complexity index is 398. The fraction of sp³-hybridized carbons (Fsp3) is 0.500. The van der Waals surface area contributed by atoms with Gasteiger partial charge >= 0.3 is 0 Å². The van der Waals surface area contributed by atoms with Crippen molar-refractivity contribution in [2.24, 2.45) is 5.92 Å². The van der Waals surface area contributed by atoms with Crippen LogP contribution in [0, 0.1) is 5.92 Å². The first-order chi connectivity index (χ1) is 7.75. The number of benzene rings is 1. The maximum absolute atomic E-state index is 2.39. The monoisotopic (exact) mass is 214 g/mol. The largest absolute Gasteiger partial charge is 0.0802 e. The third-order valence-electron chi connectivity index (χ3n) is 3.54. The predicted molar refractivity (Wildman–Crippen MR) is 71.8 cm³/mol. The lowest BCUT2D eigenvalue weighted by molar-refractivity contribution is 0.862. The highest BCUT2D eigenvalue weighted by atomic mass is 14.4. The number of rotatable bonds is 1. The maximum atomic E-state index is 2.39. The van der Waals surface area contributed by atoms with Gasteiger partial charge in [-0.15, -0.1) is 0 Å². The molecule has 2 aliphatic rings. The van der Waals surface area contributed by atoms with E-state index in [0.29, 0.717) is 5.92 Å². The summed E-state index contributed by atoms with van der Waals surface area (Å²) >= 11 is 0. The first-order valence-electron chi connectivity index (χ1n) is 6.58. The Labute approximate surface area is 99.4 Å². The molecule has 1 aromatic carbocycles. The van der Waals surface area contributed by atoms with E-state index in [1.165, 1.54) is 17.5 Å². The van der Waals surface area contributed by atoms with Gasteiger partial charge in [0, 0.05) is 0 Å². The molecule has 0 nitrogen and oxygen atoms in total. The second-order valence-electron chi connectivity index (χ2n) is 4.91. The van der Waals surface area contributed by atoms with Crippen LogP contribution in [0.3, 0.4) is 0 Å². The van der Waals surface area contributed by atoms with E-state index in [-0.39, 0.29) is 0 Å². The zero-order valence-corrected chi connectivity index (χ0v) is 10.8. The van der Waals surface area contributed by atoms with Gasteiger partial charge in [0.1, 0.15) is 0 Å². The van der Waals surface area contributed by atoms with Crippen LogP contribution in [-0.2, 0) is 0 Å². The average molecular weight is 214 g/mol. The van der Waals surface area contributed by atoms with E-state index < -0.39 is 0 Å². The number of fused-ring (bicyclic) bond motifs is 3. The van der Waals surface area contributed by atoms with Gasteiger partial charge in [-0.25, -0.2) is 0 Å². The Morgan fingerprint density at radius 1 is 1.19 bits per heavy atom. The van der Waals surface area contributed by atoms with E-state index in [0.717, 1.165) is 11.8 Å². The molecule has 1 fully saturated rings. The number of hydrogen-bond donors (Lipinski definition) is 0. The van der Waals surface area contributed by atoms with Crippen molar-refractivity contribution in [2.75, 3.05) is 0 Å².